The van der Waals surface area contributed by atoms with Crippen molar-refractivity contribution in [3.8, 4) is 0 Å². The van der Waals surface area contributed by atoms with Crippen LogP contribution in [-0.4, -0.2) is 30.4 Å². The highest BCUT2D eigenvalue weighted by molar-refractivity contribution is 5.78. The molecule has 1 aromatic carbocycles. The molecule has 0 saturated heterocycles. The molecule has 0 heterocycles. The van der Waals surface area contributed by atoms with E-state index >= 15 is 0 Å². The minimum Gasteiger partial charge on any atom is -0.342 e. The fraction of sp³-hybridized carbons (Fsp3) is 0.562. The van der Waals surface area contributed by atoms with E-state index in [1.165, 1.54) is 11.1 Å². The van der Waals surface area contributed by atoms with Crippen molar-refractivity contribution in [1.29, 1.82) is 0 Å². The van der Waals surface area contributed by atoms with Gasteiger partial charge in [0.05, 0.1) is 6.54 Å². The molecule has 1 rings (SSSR count). The van der Waals surface area contributed by atoms with Gasteiger partial charge in [0.1, 0.15) is 0 Å². The molecule has 0 radical (unpaired) electrons. The fourth-order valence-electron chi connectivity index (χ4n) is 2.20. The number of rotatable bonds is 7. The van der Waals surface area contributed by atoms with Crippen LogP contribution in [0.25, 0.3) is 0 Å². The Kier molecular flexibility index (Phi) is 6.57. The lowest BCUT2D eigenvalue weighted by atomic mass is 10.0. The number of likely N-dealkylation sites (N-methyl/N-ethyl adjacent to an activating group) is 1. The van der Waals surface area contributed by atoms with Crippen LogP contribution in [0.15, 0.2) is 24.3 Å². The van der Waals surface area contributed by atoms with Crippen molar-refractivity contribution >= 4 is 5.91 Å². The summed E-state index contributed by atoms with van der Waals surface area (Å²) in [5.74, 6) is 0.176. The SMILES string of the molecule is CCC(NCC(=O)N(CC)CC)c1ccc(C)cc1. The minimum atomic E-state index is 0.176. The van der Waals surface area contributed by atoms with E-state index in [9.17, 15) is 4.79 Å². The van der Waals surface area contributed by atoms with Gasteiger partial charge < -0.3 is 10.2 Å². The molecule has 0 spiro atoms. The zero-order valence-electron chi connectivity index (χ0n) is 12.6. The molecule has 0 fully saturated rings. The van der Waals surface area contributed by atoms with Crippen LogP contribution in [0.1, 0.15) is 44.4 Å². The highest BCUT2D eigenvalue weighted by Crippen LogP contribution is 2.16. The fourth-order valence-corrected chi connectivity index (χ4v) is 2.20. The highest BCUT2D eigenvalue weighted by atomic mass is 16.2. The molecule has 1 unspecified atom stereocenters. The summed E-state index contributed by atoms with van der Waals surface area (Å²) < 4.78 is 0. The smallest absolute Gasteiger partial charge is 0.236 e. The van der Waals surface area contributed by atoms with Gasteiger partial charge in [-0.2, -0.15) is 0 Å². The second kappa shape index (κ2) is 7.95. The van der Waals surface area contributed by atoms with Gasteiger partial charge in [-0.1, -0.05) is 36.8 Å². The van der Waals surface area contributed by atoms with Gasteiger partial charge in [-0.3, -0.25) is 4.79 Å². The van der Waals surface area contributed by atoms with Crippen LogP contribution in [0, 0.1) is 6.92 Å². The van der Waals surface area contributed by atoms with Crippen LogP contribution in [0.4, 0.5) is 0 Å². The number of aryl methyl sites for hydroxylation is 1. The number of nitrogens with zero attached hydrogens (tertiary/aromatic N) is 1. The Balaban J connectivity index is 2.58. The zero-order chi connectivity index (χ0) is 14.3. The molecule has 19 heavy (non-hydrogen) atoms. The van der Waals surface area contributed by atoms with Crippen molar-refractivity contribution in [2.45, 2.75) is 40.2 Å². The molecule has 1 amide bonds. The molecule has 1 atom stereocenters. The van der Waals surface area contributed by atoms with Crippen molar-refractivity contribution < 1.29 is 4.79 Å². The van der Waals surface area contributed by atoms with Crippen molar-refractivity contribution in [2.75, 3.05) is 19.6 Å². The van der Waals surface area contributed by atoms with Gasteiger partial charge in [0, 0.05) is 19.1 Å². The quantitative estimate of drug-likeness (QED) is 0.819. The van der Waals surface area contributed by atoms with Crippen LogP contribution >= 0.6 is 0 Å². The minimum absolute atomic E-state index is 0.176. The molecule has 106 valence electrons. The first-order valence-electron chi connectivity index (χ1n) is 7.20. The largest absolute Gasteiger partial charge is 0.342 e. The second-order valence-corrected chi connectivity index (χ2v) is 4.82. The average molecular weight is 262 g/mol. The maximum atomic E-state index is 12.0. The monoisotopic (exact) mass is 262 g/mol. The summed E-state index contributed by atoms with van der Waals surface area (Å²) in [6.45, 7) is 10.2. The Bertz CT molecular complexity index is 382. The summed E-state index contributed by atoms with van der Waals surface area (Å²) in [6, 6.07) is 8.76. The average Bonchev–Trinajstić information content (AvgIpc) is 2.42. The summed E-state index contributed by atoms with van der Waals surface area (Å²) in [7, 11) is 0. The van der Waals surface area contributed by atoms with E-state index in [1.54, 1.807) is 0 Å². The lowest BCUT2D eigenvalue weighted by Crippen LogP contribution is -2.39. The molecule has 3 nitrogen and oxygen atoms in total. The molecule has 0 bridgehead atoms. The van der Waals surface area contributed by atoms with E-state index < -0.39 is 0 Å². The van der Waals surface area contributed by atoms with Crippen LogP contribution in [0.5, 0.6) is 0 Å². The first-order valence-corrected chi connectivity index (χ1v) is 7.20. The number of benzene rings is 1. The summed E-state index contributed by atoms with van der Waals surface area (Å²) in [5.41, 5.74) is 2.51. The van der Waals surface area contributed by atoms with Gasteiger partial charge in [-0.15, -0.1) is 0 Å². The predicted octanol–water partition coefficient (Wildman–Crippen LogP) is 2.90. The standard InChI is InChI=1S/C16H26N2O/c1-5-15(14-10-8-13(4)9-11-14)17-12-16(19)18(6-2)7-3/h8-11,15,17H,5-7,12H2,1-4H3. The Labute approximate surface area is 117 Å². The molecular formula is C16H26N2O. The topological polar surface area (TPSA) is 32.3 Å². The molecule has 3 heteroatoms. The second-order valence-electron chi connectivity index (χ2n) is 4.82. The normalized spacial score (nSPS) is 12.2. The van der Waals surface area contributed by atoms with Crippen molar-refractivity contribution in [3.05, 3.63) is 35.4 Å². The molecule has 1 aromatic rings. The summed E-state index contributed by atoms with van der Waals surface area (Å²) in [6.07, 6.45) is 0.981. The van der Waals surface area contributed by atoms with E-state index in [2.05, 4.69) is 43.4 Å². The molecular weight excluding hydrogens is 236 g/mol. The number of hydrogen-bond acceptors (Lipinski definition) is 2. The third-order valence-corrected chi connectivity index (χ3v) is 3.50. The molecule has 0 aliphatic carbocycles. The zero-order valence-corrected chi connectivity index (χ0v) is 12.6. The van der Waals surface area contributed by atoms with Gasteiger partial charge in [0.15, 0.2) is 0 Å². The Hall–Kier alpha value is -1.35. The van der Waals surface area contributed by atoms with E-state index in [0.717, 1.165) is 19.5 Å². The lowest BCUT2D eigenvalue weighted by molar-refractivity contribution is -0.130. The van der Waals surface area contributed by atoms with E-state index in [4.69, 9.17) is 0 Å². The number of hydrogen-bond donors (Lipinski definition) is 1. The predicted molar refractivity (Wildman–Crippen MR) is 80.1 cm³/mol. The Morgan fingerprint density at radius 2 is 1.74 bits per heavy atom. The van der Waals surface area contributed by atoms with Crippen LogP contribution in [0.2, 0.25) is 0 Å². The maximum Gasteiger partial charge on any atom is 0.236 e. The number of carbonyl (C=O) groups excluding carboxylic acids is 1. The number of nitrogens with one attached hydrogen (secondary N) is 1. The van der Waals surface area contributed by atoms with Gasteiger partial charge in [-0.05, 0) is 32.8 Å². The first kappa shape index (κ1) is 15.7. The molecule has 0 saturated carbocycles. The molecule has 0 aliphatic rings. The van der Waals surface area contributed by atoms with Crippen LogP contribution in [-0.2, 0) is 4.79 Å². The van der Waals surface area contributed by atoms with Gasteiger partial charge in [0.2, 0.25) is 5.91 Å². The summed E-state index contributed by atoms with van der Waals surface area (Å²) in [4.78, 5) is 13.8. The number of carbonyl (C=O) groups is 1. The van der Waals surface area contributed by atoms with Gasteiger partial charge in [0.25, 0.3) is 0 Å². The van der Waals surface area contributed by atoms with Gasteiger partial charge >= 0.3 is 0 Å². The molecule has 1 N–H and O–H groups in total. The summed E-state index contributed by atoms with van der Waals surface area (Å²) >= 11 is 0. The Morgan fingerprint density at radius 3 is 2.21 bits per heavy atom. The molecule has 0 aliphatic heterocycles. The van der Waals surface area contributed by atoms with E-state index in [-0.39, 0.29) is 11.9 Å². The third-order valence-electron chi connectivity index (χ3n) is 3.50. The van der Waals surface area contributed by atoms with Crippen LogP contribution < -0.4 is 5.32 Å². The first-order chi connectivity index (χ1) is 9.12. The maximum absolute atomic E-state index is 12.0. The van der Waals surface area contributed by atoms with Crippen LogP contribution in [0.3, 0.4) is 0 Å². The van der Waals surface area contributed by atoms with E-state index in [0.29, 0.717) is 6.54 Å². The Morgan fingerprint density at radius 1 is 1.16 bits per heavy atom. The third kappa shape index (κ3) is 4.67. The van der Waals surface area contributed by atoms with E-state index in [1.807, 2.05) is 18.7 Å². The van der Waals surface area contributed by atoms with Gasteiger partial charge in [-0.25, -0.2) is 0 Å². The lowest BCUT2D eigenvalue weighted by Gasteiger charge is -2.22. The van der Waals surface area contributed by atoms with Crippen molar-refractivity contribution in [1.82, 2.24) is 10.2 Å². The van der Waals surface area contributed by atoms with Crippen molar-refractivity contribution in [3.63, 3.8) is 0 Å². The summed E-state index contributed by atoms with van der Waals surface area (Å²) in [5, 5.41) is 3.36. The highest BCUT2D eigenvalue weighted by Gasteiger charge is 2.13. The molecule has 0 aromatic heterocycles. The van der Waals surface area contributed by atoms with Crippen molar-refractivity contribution in [2.24, 2.45) is 0 Å². The number of amides is 1.